The number of nitrogens with one attached hydrogen (secondary N) is 2. The van der Waals surface area contributed by atoms with Crippen LogP contribution in [0.15, 0.2) is 53.5 Å². The lowest BCUT2D eigenvalue weighted by Crippen LogP contribution is -2.33. The molecule has 0 saturated carbocycles. The molecule has 1 atom stereocenters. The maximum absolute atomic E-state index is 12.1. The fourth-order valence-electron chi connectivity index (χ4n) is 2.53. The minimum absolute atomic E-state index is 0.0517. The second-order valence-corrected chi connectivity index (χ2v) is 6.71. The van der Waals surface area contributed by atoms with Gasteiger partial charge in [-0.15, -0.1) is 0 Å². The number of ether oxygens (including phenoxy) is 1. The van der Waals surface area contributed by atoms with Gasteiger partial charge in [0.1, 0.15) is 5.75 Å². The summed E-state index contributed by atoms with van der Waals surface area (Å²) in [5.74, 6) is 1.21. The highest BCUT2D eigenvalue weighted by atomic mass is 16.5. The average molecular weight is 383 g/mol. The molecule has 150 valence electrons. The molecule has 2 rings (SSSR count). The Kier molecular flexibility index (Phi) is 8.34. The third kappa shape index (κ3) is 6.95. The fourth-order valence-corrected chi connectivity index (χ4v) is 2.53. The number of nitrogens with zero attached hydrogens (tertiary/aromatic N) is 1. The van der Waals surface area contributed by atoms with Crippen molar-refractivity contribution in [2.24, 2.45) is 10.7 Å². The topological polar surface area (TPSA) is 88.7 Å². The number of carbonyl (C=O) groups is 1. The quantitative estimate of drug-likeness (QED) is 0.460. The number of hydrogen-bond acceptors (Lipinski definition) is 3. The van der Waals surface area contributed by atoms with Crippen molar-refractivity contribution in [2.45, 2.75) is 39.3 Å². The van der Waals surface area contributed by atoms with Crippen molar-refractivity contribution in [2.75, 3.05) is 13.7 Å². The van der Waals surface area contributed by atoms with Gasteiger partial charge < -0.3 is 21.1 Å². The summed E-state index contributed by atoms with van der Waals surface area (Å²) in [6, 6.07) is 15.6. The van der Waals surface area contributed by atoms with Crippen molar-refractivity contribution in [3.8, 4) is 5.75 Å². The maximum Gasteiger partial charge on any atom is 0.251 e. The molecule has 1 amide bonds. The van der Waals surface area contributed by atoms with Gasteiger partial charge in [-0.1, -0.05) is 31.2 Å². The molecular weight excluding hydrogens is 352 g/mol. The van der Waals surface area contributed by atoms with E-state index < -0.39 is 0 Å². The van der Waals surface area contributed by atoms with E-state index in [1.165, 1.54) is 5.56 Å². The van der Waals surface area contributed by atoms with E-state index in [0.717, 1.165) is 24.2 Å². The summed E-state index contributed by atoms with van der Waals surface area (Å²) in [4.78, 5) is 16.4. The Morgan fingerprint density at radius 2 is 1.75 bits per heavy atom. The molecular formula is C22H30N4O2. The zero-order chi connectivity index (χ0) is 20.4. The van der Waals surface area contributed by atoms with Crippen LogP contribution in [0.2, 0.25) is 0 Å². The van der Waals surface area contributed by atoms with Gasteiger partial charge in [0, 0.05) is 18.2 Å². The summed E-state index contributed by atoms with van der Waals surface area (Å²) in [6.45, 7) is 5.21. The molecule has 1 unspecified atom stereocenters. The van der Waals surface area contributed by atoms with Crippen LogP contribution in [0.25, 0.3) is 0 Å². The van der Waals surface area contributed by atoms with Crippen LogP contribution in [-0.2, 0) is 13.0 Å². The summed E-state index contributed by atoms with van der Waals surface area (Å²) >= 11 is 0. The van der Waals surface area contributed by atoms with Gasteiger partial charge in [-0.3, -0.25) is 4.79 Å². The summed E-state index contributed by atoms with van der Waals surface area (Å²) in [7, 11) is 1.66. The van der Waals surface area contributed by atoms with Gasteiger partial charge in [0.25, 0.3) is 5.91 Å². The van der Waals surface area contributed by atoms with E-state index in [1.54, 1.807) is 7.11 Å². The Hall–Kier alpha value is -3.02. The van der Waals surface area contributed by atoms with Crippen LogP contribution >= 0.6 is 0 Å². The molecule has 0 aliphatic carbocycles. The smallest absolute Gasteiger partial charge is 0.251 e. The molecule has 0 aromatic heterocycles. The first-order valence-corrected chi connectivity index (χ1v) is 9.58. The molecule has 0 heterocycles. The summed E-state index contributed by atoms with van der Waals surface area (Å²) < 4.78 is 5.15. The third-order valence-corrected chi connectivity index (χ3v) is 4.52. The molecule has 6 heteroatoms. The van der Waals surface area contributed by atoms with E-state index in [0.29, 0.717) is 24.6 Å². The van der Waals surface area contributed by atoms with Crippen molar-refractivity contribution in [3.63, 3.8) is 0 Å². The van der Waals surface area contributed by atoms with Crippen LogP contribution in [0, 0.1) is 0 Å². The molecule has 0 spiro atoms. The number of carbonyl (C=O) groups excluding carboxylic acids is 1. The molecule has 0 aliphatic heterocycles. The molecule has 2 aromatic rings. The van der Waals surface area contributed by atoms with Gasteiger partial charge in [-0.2, -0.15) is 0 Å². The van der Waals surface area contributed by atoms with Crippen molar-refractivity contribution in [3.05, 3.63) is 65.2 Å². The highest BCUT2D eigenvalue weighted by Gasteiger charge is 2.08. The number of methoxy groups -OCH3 is 1. The van der Waals surface area contributed by atoms with Crippen molar-refractivity contribution >= 4 is 11.9 Å². The fraction of sp³-hybridized carbons (Fsp3) is 0.364. The summed E-state index contributed by atoms with van der Waals surface area (Å²) in [5.41, 5.74) is 8.79. The highest BCUT2D eigenvalue weighted by Crippen LogP contribution is 2.11. The first kappa shape index (κ1) is 21.3. The number of aliphatic imine (C=N–C) groups is 1. The largest absolute Gasteiger partial charge is 0.497 e. The normalized spacial score (nSPS) is 12.3. The van der Waals surface area contributed by atoms with Gasteiger partial charge in [0.05, 0.1) is 13.7 Å². The minimum atomic E-state index is -0.0517. The SMILES string of the molecule is CCC(C)NC(=O)c1ccc(CN=C(N)NCCc2ccc(OC)cc2)cc1. The maximum atomic E-state index is 12.1. The Bertz CT molecular complexity index is 770. The molecule has 0 fully saturated rings. The molecule has 0 aliphatic rings. The van der Waals surface area contributed by atoms with E-state index in [-0.39, 0.29) is 11.9 Å². The predicted molar refractivity (Wildman–Crippen MR) is 114 cm³/mol. The lowest BCUT2D eigenvalue weighted by atomic mass is 10.1. The first-order valence-electron chi connectivity index (χ1n) is 9.58. The van der Waals surface area contributed by atoms with Gasteiger partial charge in [-0.25, -0.2) is 4.99 Å². The minimum Gasteiger partial charge on any atom is -0.497 e. The van der Waals surface area contributed by atoms with E-state index in [1.807, 2.05) is 62.4 Å². The standard InChI is InChI=1S/C22H30N4O2/c1-4-16(2)26-21(27)19-9-5-18(6-10-19)15-25-22(23)24-14-13-17-7-11-20(28-3)12-8-17/h5-12,16H,4,13-15H2,1-3H3,(H,26,27)(H3,23,24,25). The van der Waals surface area contributed by atoms with E-state index >= 15 is 0 Å². The zero-order valence-corrected chi connectivity index (χ0v) is 16.9. The van der Waals surface area contributed by atoms with Crippen LogP contribution in [0.4, 0.5) is 0 Å². The monoisotopic (exact) mass is 382 g/mol. The van der Waals surface area contributed by atoms with Gasteiger partial charge in [-0.05, 0) is 55.2 Å². The summed E-state index contributed by atoms with van der Waals surface area (Å²) in [6.07, 6.45) is 1.75. The average Bonchev–Trinajstić information content (AvgIpc) is 2.73. The molecule has 0 radical (unpaired) electrons. The van der Waals surface area contributed by atoms with Crippen LogP contribution in [-0.4, -0.2) is 31.6 Å². The molecule has 0 bridgehead atoms. The number of benzene rings is 2. The number of guanidine groups is 1. The van der Waals surface area contributed by atoms with Crippen molar-refractivity contribution in [1.82, 2.24) is 10.6 Å². The van der Waals surface area contributed by atoms with Crippen molar-refractivity contribution in [1.29, 1.82) is 0 Å². The lowest BCUT2D eigenvalue weighted by Gasteiger charge is -2.11. The van der Waals surface area contributed by atoms with Crippen LogP contribution in [0.5, 0.6) is 5.75 Å². The Morgan fingerprint density at radius 1 is 1.11 bits per heavy atom. The third-order valence-electron chi connectivity index (χ3n) is 4.52. The van der Waals surface area contributed by atoms with Gasteiger partial charge >= 0.3 is 0 Å². The number of nitrogens with two attached hydrogens (primary N) is 1. The Balaban J connectivity index is 1.77. The highest BCUT2D eigenvalue weighted by molar-refractivity contribution is 5.94. The van der Waals surface area contributed by atoms with E-state index in [4.69, 9.17) is 10.5 Å². The van der Waals surface area contributed by atoms with Crippen molar-refractivity contribution < 1.29 is 9.53 Å². The summed E-state index contributed by atoms with van der Waals surface area (Å²) in [5, 5.41) is 6.08. The van der Waals surface area contributed by atoms with E-state index in [2.05, 4.69) is 15.6 Å². The molecule has 4 N–H and O–H groups in total. The molecule has 0 saturated heterocycles. The predicted octanol–water partition coefficient (Wildman–Crippen LogP) is 2.87. The Morgan fingerprint density at radius 3 is 2.36 bits per heavy atom. The number of rotatable bonds is 9. The first-order chi connectivity index (χ1) is 13.5. The van der Waals surface area contributed by atoms with E-state index in [9.17, 15) is 4.79 Å². The molecule has 6 nitrogen and oxygen atoms in total. The lowest BCUT2D eigenvalue weighted by molar-refractivity contribution is 0.0939. The van der Waals surface area contributed by atoms with Crippen LogP contribution in [0.1, 0.15) is 41.8 Å². The van der Waals surface area contributed by atoms with Gasteiger partial charge in [0.2, 0.25) is 0 Å². The van der Waals surface area contributed by atoms with Crippen LogP contribution < -0.4 is 21.1 Å². The molecule has 28 heavy (non-hydrogen) atoms. The molecule has 2 aromatic carbocycles. The second-order valence-electron chi connectivity index (χ2n) is 6.71. The number of hydrogen-bond donors (Lipinski definition) is 3. The second kappa shape index (κ2) is 11.0. The van der Waals surface area contributed by atoms with Crippen LogP contribution in [0.3, 0.4) is 0 Å². The van der Waals surface area contributed by atoms with Gasteiger partial charge in [0.15, 0.2) is 5.96 Å². The zero-order valence-electron chi connectivity index (χ0n) is 16.9. The Labute approximate surface area is 167 Å². The number of amides is 1.